The molecular formula is C17H23NO5S2. The van der Waals surface area contributed by atoms with Gasteiger partial charge in [0, 0.05) is 10.9 Å². The van der Waals surface area contributed by atoms with Crippen LogP contribution in [-0.4, -0.2) is 49.4 Å². The van der Waals surface area contributed by atoms with E-state index in [2.05, 4.69) is 19.2 Å². The predicted octanol–water partition coefficient (Wildman–Crippen LogP) is 2.21. The van der Waals surface area contributed by atoms with Crippen LogP contribution < -0.4 is 5.32 Å². The van der Waals surface area contributed by atoms with Gasteiger partial charge in [0.15, 0.2) is 16.4 Å². The standard InChI is InChI=1S/C17H23NO5S2/c1-12(2)13-3-5-14(6-4-13)18-16(19)9-23-17(20)10-24-15-7-8-25(21,22)11-15/h3-6,12,15H,7-11H2,1-2H3,(H,18,19)/t15-/m0/s1. The molecule has 8 heteroatoms. The molecular weight excluding hydrogens is 362 g/mol. The fourth-order valence-electron chi connectivity index (χ4n) is 2.41. The molecule has 1 N–H and O–H groups in total. The van der Waals surface area contributed by atoms with Gasteiger partial charge in [0.05, 0.1) is 17.3 Å². The zero-order valence-electron chi connectivity index (χ0n) is 14.4. The fourth-order valence-corrected chi connectivity index (χ4v) is 5.85. The molecule has 0 bridgehead atoms. The van der Waals surface area contributed by atoms with Crippen LogP contribution in [0.2, 0.25) is 0 Å². The van der Waals surface area contributed by atoms with Crippen LogP contribution in [0.25, 0.3) is 0 Å². The molecule has 1 saturated heterocycles. The number of carbonyl (C=O) groups is 2. The smallest absolute Gasteiger partial charge is 0.316 e. The lowest BCUT2D eigenvalue weighted by Gasteiger charge is -2.10. The lowest BCUT2D eigenvalue weighted by molar-refractivity contribution is -0.144. The Morgan fingerprint density at radius 3 is 2.52 bits per heavy atom. The lowest BCUT2D eigenvalue weighted by Crippen LogP contribution is -2.22. The average molecular weight is 386 g/mol. The molecule has 6 nitrogen and oxygen atoms in total. The first-order chi connectivity index (χ1) is 11.7. The van der Waals surface area contributed by atoms with Gasteiger partial charge in [-0.15, -0.1) is 11.8 Å². The van der Waals surface area contributed by atoms with Crippen LogP contribution in [0.4, 0.5) is 5.69 Å². The number of carbonyl (C=O) groups excluding carboxylic acids is 2. The molecule has 0 radical (unpaired) electrons. The maximum absolute atomic E-state index is 11.8. The zero-order chi connectivity index (χ0) is 18.4. The highest BCUT2D eigenvalue weighted by atomic mass is 32.2. The number of sulfone groups is 1. The van der Waals surface area contributed by atoms with Gasteiger partial charge in [0.25, 0.3) is 5.91 Å². The molecule has 1 aliphatic rings. The number of ether oxygens (including phenoxy) is 1. The van der Waals surface area contributed by atoms with Crippen molar-refractivity contribution in [2.75, 3.05) is 29.2 Å². The third-order valence-corrected chi connectivity index (χ3v) is 7.11. The van der Waals surface area contributed by atoms with Crippen LogP contribution in [0.5, 0.6) is 0 Å². The quantitative estimate of drug-likeness (QED) is 0.724. The molecule has 1 heterocycles. The molecule has 1 aliphatic heterocycles. The van der Waals surface area contributed by atoms with E-state index < -0.39 is 21.7 Å². The van der Waals surface area contributed by atoms with Crippen molar-refractivity contribution in [3.8, 4) is 0 Å². The Kier molecular flexibility index (Phi) is 6.89. The van der Waals surface area contributed by atoms with Crippen LogP contribution in [0.3, 0.4) is 0 Å². The Bertz CT molecular complexity index is 713. The second-order valence-corrected chi connectivity index (χ2v) is 9.84. The van der Waals surface area contributed by atoms with Crippen molar-refractivity contribution in [2.45, 2.75) is 31.4 Å². The minimum absolute atomic E-state index is 0.0521. The van der Waals surface area contributed by atoms with Gasteiger partial charge in [-0.25, -0.2) is 8.42 Å². The van der Waals surface area contributed by atoms with E-state index in [1.807, 2.05) is 24.3 Å². The predicted molar refractivity (Wildman–Crippen MR) is 99.6 cm³/mol. The summed E-state index contributed by atoms with van der Waals surface area (Å²) in [6.45, 7) is 3.83. The number of hydrogen-bond donors (Lipinski definition) is 1. The molecule has 1 atom stereocenters. The minimum Gasteiger partial charge on any atom is -0.455 e. The summed E-state index contributed by atoms with van der Waals surface area (Å²) in [5.74, 6) is -0.164. The van der Waals surface area contributed by atoms with Gasteiger partial charge in [-0.05, 0) is 30.0 Å². The first-order valence-electron chi connectivity index (χ1n) is 8.12. The van der Waals surface area contributed by atoms with Crippen molar-refractivity contribution in [1.82, 2.24) is 0 Å². The van der Waals surface area contributed by atoms with Crippen molar-refractivity contribution in [2.24, 2.45) is 0 Å². The molecule has 1 aromatic rings. The Morgan fingerprint density at radius 1 is 1.28 bits per heavy atom. The summed E-state index contributed by atoms with van der Waals surface area (Å²) in [5.41, 5.74) is 1.83. The third kappa shape index (κ3) is 6.70. The normalized spacial score (nSPS) is 18.9. The maximum Gasteiger partial charge on any atom is 0.316 e. The monoisotopic (exact) mass is 385 g/mol. The molecule has 2 rings (SSSR count). The highest BCUT2D eigenvalue weighted by Gasteiger charge is 2.28. The van der Waals surface area contributed by atoms with E-state index in [1.54, 1.807) is 0 Å². The first-order valence-corrected chi connectivity index (χ1v) is 11.0. The molecule has 1 fully saturated rings. The molecule has 0 spiro atoms. The summed E-state index contributed by atoms with van der Waals surface area (Å²) in [5, 5.41) is 2.61. The molecule has 0 unspecified atom stereocenters. The van der Waals surface area contributed by atoms with E-state index in [0.29, 0.717) is 18.0 Å². The van der Waals surface area contributed by atoms with Crippen molar-refractivity contribution in [3.63, 3.8) is 0 Å². The molecule has 25 heavy (non-hydrogen) atoms. The van der Waals surface area contributed by atoms with Gasteiger partial charge in [0.1, 0.15) is 0 Å². The van der Waals surface area contributed by atoms with Crippen LogP contribution in [0.15, 0.2) is 24.3 Å². The average Bonchev–Trinajstić information content (AvgIpc) is 2.90. The Balaban J connectivity index is 1.68. The molecule has 0 saturated carbocycles. The largest absolute Gasteiger partial charge is 0.455 e. The minimum atomic E-state index is -2.95. The second-order valence-electron chi connectivity index (χ2n) is 6.32. The van der Waals surface area contributed by atoms with E-state index in [9.17, 15) is 18.0 Å². The van der Waals surface area contributed by atoms with Gasteiger partial charge in [-0.1, -0.05) is 26.0 Å². The number of rotatable bonds is 7. The topological polar surface area (TPSA) is 89.5 Å². The number of nitrogens with one attached hydrogen (secondary N) is 1. The van der Waals surface area contributed by atoms with Crippen LogP contribution in [0.1, 0.15) is 31.7 Å². The first kappa shape index (κ1) is 19.8. The van der Waals surface area contributed by atoms with E-state index in [4.69, 9.17) is 4.74 Å². The SMILES string of the molecule is CC(C)c1ccc(NC(=O)COC(=O)CS[C@H]2CCS(=O)(=O)C2)cc1. The van der Waals surface area contributed by atoms with Crippen LogP contribution in [0, 0.1) is 0 Å². The third-order valence-electron chi connectivity index (χ3n) is 3.85. The fraction of sp³-hybridized carbons (Fsp3) is 0.529. The Hall–Kier alpha value is -1.54. The van der Waals surface area contributed by atoms with Crippen molar-refractivity contribution < 1.29 is 22.7 Å². The summed E-state index contributed by atoms with van der Waals surface area (Å²) in [4.78, 5) is 23.5. The number of benzene rings is 1. The van der Waals surface area contributed by atoms with Gasteiger partial charge in [-0.2, -0.15) is 0 Å². The number of thioether (sulfide) groups is 1. The van der Waals surface area contributed by atoms with Crippen LogP contribution in [-0.2, 0) is 24.2 Å². The van der Waals surface area contributed by atoms with Crippen LogP contribution >= 0.6 is 11.8 Å². The number of amides is 1. The Morgan fingerprint density at radius 2 is 1.96 bits per heavy atom. The number of hydrogen-bond acceptors (Lipinski definition) is 6. The maximum atomic E-state index is 11.8. The van der Waals surface area contributed by atoms with E-state index >= 15 is 0 Å². The molecule has 1 aromatic carbocycles. The Labute approximate surface area is 152 Å². The number of esters is 1. The summed E-state index contributed by atoms with van der Waals surface area (Å²) >= 11 is 1.27. The van der Waals surface area contributed by atoms with Crippen molar-refractivity contribution >= 4 is 39.2 Å². The van der Waals surface area contributed by atoms with Gasteiger partial charge in [0.2, 0.25) is 0 Å². The summed E-state index contributed by atoms with van der Waals surface area (Å²) in [6.07, 6.45) is 0.563. The molecule has 138 valence electrons. The summed E-state index contributed by atoms with van der Waals surface area (Å²) in [7, 11) is -2.95. The second kappa shape index (κ2) is 8.71. The van der Waals surface area contributed by atoms with E-state index in [-0.39, 0.29) is 29.1 Å². The molecule has 0 aliphatic carbocycles. The van der Waals surface area contributed by atoms with Gasteiger partial charge < -0.3 is 10.1 Å². The summed E-state index contributed by atoms with van der Waals surface area (Å²) < 4.78 is 27.6. The van der Waals surface area contributed by atoms with Gasteiger partial charge >= 0.3 is 5.97 Å². The zero-order valence-corrected chi connectivity index (χ0v) is 16.0. The van der Waals surface area contributed by atoms with E-state index in [0.717, 1.165) is 0 Å². The molecule has 1 amide bonds. The highest BCUT2D eigenvalue weighted by molar-refractivity contribution is 8.02. The van der Waals surface area contributed by atoms with E-state index in [1.165, 1.54) is 17.3 Å². The molecule has 0 aromatic heterocycles. The lowest BCUT2D eigenvalue weighted by atomic mass is 10.0. The summed E-state index contributed by atoms with van der Waals surface area (Å²) in [6, 6.07) is 7.51. The number of anilines is 1. The van der Waals surface area contributed by atoms with Gasteiger partial charge in [-0.3, -0.25) is 9.59 Å². The highest BCUT2D eigenvalue weighted by Crippen LogP contribution is 2.24. The van der Waals surface area contributed by atoms with Crippen molar-refractivity contribution in [1.29, 1.82) is 0 Å². The van der Waals surface area contributed by atoms with Crippen molar-refractivity contribution in [3.05, 3.63) is 29.8 Å².